The zero-order valence-corrected chi connectivity index (χ0v) is 18.0. The maximum absolute atomic E-state index is 14.4. The number of rotatable bonds is 6. The van der Waals surface area contributed by atoms with Gasteiger partial charge in [-0.1, -0.05) is 12.1 Å². The molecule has 0 aliphatic heterocycles. The van der Waals surface area contributed by atoms with Crippen molar-refractivity contribution in [1.82, 2.24) is 14.5 Å². The van der Waals surface area contributed by atoms with Gasteiger partial charge in [0.1, 0.15) is 23.6 Å². The van der Waals surface area contributed by atoms with Gasteiger partial charge in [-0.15, -0.1) is 0 Å². The number of nitrogens with one attached hydrogen (secondary N) is 1. The topological polar surface area (TPSA) is 132 Å². The first-order valence-corrected chi connectivity index (χ1v) is 12.0. The number of aromatic nitrogens is 3. The van der Waals surface area contributed by atoms with Crippen LogP contribution in [0.4, 0.5) is 10.2 Å². The molecule has 0 amide bonds. The van der Waals surface area contributed by atoms with E-state index < -0.39 is 16.4 Å². The lowest BCUT2D eigenvalue weighted by Gasteiger charge is -2.17. The summed E-state index contributed by atoms with van der Waals surface area (Å²) in [6, 6.07) is 6.82. The highest BCUT2D eigenvalue weighted by atomic mass is 32.2. The van der Waals surface area contributed by atoms with E-state index >= 15 is 0 Å². The first-order valence-electron chi connectivity index (χ1n) is 10.5. The van der Waals surface area contributed by atoms with Crippen molar-refractivity contribution in [1.29, 1.82) is 0 Å². The van der Waals surface area contributed by atoms with E-state index in [4.69, 9.17) is 5.14 Å². The van der Waals surface area contributed by atoms with Gasteiger partial charge in [0.25, 0.3) is 0 Å². The van der Waals surface area contributed by atoms with Crippen molar-refractivity contribution in [3.63, 3.8) is 0 Å². The minimum absolute atomic E-state index is 0.0796. The molecule has 2 aliphatic rings. The van der Waals surface area contributed by atoms with Crippen LogP contribution in [0.15, 0.2) is 36.8 Å². The second kappa shape index (κ2) is 8.07. The Bertz CT molecular complexity index is 1260. The molecule has 5 rings (SSSR count). The predicted octanol–water partition coefficient (Wildman–Crippen LogP) is 2.20. The summed E-state index contributed by atoms with van der Waals surface area (Å²) in [5.41, 5.74) is 2.40. The number of anilines is 1. The van der Waals surface area contributed by atoms with Crippen molar-refractivity contribution in [2.75, 3.05) is 11.9 Å². The summed E-state index contributed by atoms with van der Waals surface area (Å²) in [6.45, 7) is -0.163. The van der Waals surface area contributed by atoms with E-state index in [-0.39, 0.29) is 30.4 Å². The fourth-order valence-electron chi connectivity index (χ4n) is 4.99. The van der Waals surface area contributed by atoms with Crippen LogP contribution < -0.4 is 10.5 Å². The number of nitrogens with zero attached hydrogens (tertiary/aromatic N) is 3. The molecule has 0 radical (unpaired) electrons. The lowest BCUT2D eigenvalue weighted by molar-refractivity contribution is 0.100. The number of aliphatic hydroxyl groups excluding tert-OH is 1. The number of halogens is 1. The number of hydrogen-bond donors (Lipinski definition) is 3. The van der Waals surface area contributed by atoms with Gasteiger partial charge >= 0.3 is 10.3 Å². The normalized spacial score (nSPS) is 25.3. The molecular formula is C21H24FN5O4S. The van der Waals surface area contributed by atoms with Crippen molar-refractivity contribution in [3.8, 4) is 0 Å². The number of aliphatic hydroxyl groups is 1. The fourth-order valence-corrected chi connectivity index (χ4v) is 5.35. The van der Waals surface area contributed by atoms with E-state index in [1.807, 2.05) is 22.9 Å². The first-order chi connectivity index (χ1) is 15.3. The summed E-state index contributed by atoms with van der Waals surface area (Å²) >= 11 is 0. The van der Waals surface area contributed by atoms with Crippen molar-refractivity contribution in [2.45, 2.75) is 43.9 Å². The number of nitrogens with two attached hydrogens (primary N) is 1. The van der Waals surface area contributed by atoms with Crippen LogP contribution in [0.2, 0.25) is 0 Å². The van der Waals surface area contributed by atoms with E-state index in [2.05, 4.69) is 19.5 Å². The third kappa shape index (κ3) is 3.96. The highest BCUT2D eigenvalue weighted by Crippen LogP contribution is 2.39. The van der Waals surface area contributed by atoms with Crippen LogP contribution in [0, 0.1) is 11.7 Å². The van der Waals surface area contributed by atoms with Crippen molar-refractivity contribution >= 4 is 27.2 Å². The maximum Gasteiger partial charge on any atom is 0.333 e. The van der Waals surface area contributed by atoms with Gasteiger partial charge in [0.15, 0.2) is 0 Å². The summed E-state index contributed by atoms with van der Waals surface area (Å²) < 4.78 is 43.2. The van der Waals surface area contributed by atoms with E-state index in [1.165, 1.54) is 12.4 Å². The lowest BCUT2D eigenvalue weighted by Crippen LogP contribution is -2.24. The molecule has 0 saturated heterocycles. The number of benzene rings is 1. The van der Waals surface area contributed by atoms with Crippen LogP contribution in [0.25, 0.3) is 11.0 Å². The highest BCUT2D eigenvalue weighted by molar-refractivity contribution is 7.84. The molecule has 170 valence electrons. The molecule has 0 unspecified atom stereocenters. The zero-order chi connectivity index (χ0) is 22.5. The molecule has 32 heavy (non-hydrogen) atoms. The largest absolute Gasteiger partial charge is 0.393 e. The number of aryl methyl sites for hydroxylation is 1. The predicted molar refractivity (Wildman–Crippen MR) is 115 cm³/mol. The minimum Gasteiger partial charge on any atom is -0.393 e. The Kier molecular flexibility index (Phi) is 5.36. The molecule has 2 aliphatic carbocycles. The van der Waals surface area contributed by atoms with Gasteiger partial charge in [0.2, 0.25) is 0 Å². The molecule has 9 nitrogen and oxygen atoms in total. The number of fused-ring (bicyclic) bond motifs is 2. The summed E-state index contributed by atoms with van der Waals surface area (Å²) in [4.78, 5) is 8.82. The molecular weight excluding hydrogens is 437 g/mol. The average Bonchev–Trinajstić information content (AvgIpc) is 3.44. The monoisotopic (exact) mass is 461 g/mol. The zero-order valence-electron chi connectivity index (χ0n) is 17.2. The molecule has 1 saturated carbocycles. The lowest BCUT2D eigenvalue weighted by atomic mass is 10.1. The van der Waals surface area contributed by atoms with E-state index in [1.54, 1.807) is 6.07 Å². The highest BCUT2D eigenvalue weighted by Gasteiger charge is 2.35. The van der Waals surface area contributed by atoms with Crippen molar-refractivity contribution < 1.29 is 22.1 Å². The molecule has 4 atom stereocenters. The Morgan fingerprint density at radius 3 is 2.94 bits per heavy atom. The van der Waals surface area contributed by atoms with Gasteiger partial charge < -0.3 is 15.0 Å². The summed E-state index contributed by atoms with van der Waals surface area (Å²) in [5.74, 6) is 0.0590. The summed E-state index contributed by atoms with van der Waals surface area (Å²) in [7, 11) is -4.06. The van der Waals surface area contributed by atoms with E-state index in [9.17, 15) is 17.9 Å². The summed E-state index contributed by atoms with van der Waals surface area (Å²) in [5, 5.41) is 19.5. The molecule has 2 heterocycles. The Morgan fingerprint density at radius 1 is 1.28 bits per heavy atom. The van der Waals surface area contributed by atoms with Crippen LogP contribution >= 0.6 is 0 Å². The fraction of sp³-hybridized carbons (Fsp3) is 0.429. The Morgan fingerprint density at radius 2 is 2.12 bits per heavy atom. The smallest absolute Gasteiger partial charge is 0.333 e. The third-order valence-corrected chi connectivity index (χ3v) is 6.95. The van der Waals surface area contributed by atoms with Crippen LogP contribution in [0.5, 0.6) is 0 Å². The second-order valence-corrected chi connectivity index (χ2v) is 9.68. The first kappa shape index (κ1) is 21.3. The second-order valence-electron chi connectivity index (χ2n) is 8.46. The van der Waals surface area contributed by atoms with Gasteiger partial charge in [-0.05, 0) is 43.4 Å². The average molecular weight is 462 g/mol. The molecule has 1 aromatic carbocycles. The van der Waals surface area contributed by atoms with Gasteiger partial charge in [-0.3, -0.25) is 4.18 Å². The Hall–Kier alpha value is -2.60. The van der Waals surface area contributed by atoms with Crippen LogP contribution in [0.3, 0.4) is 0 Å². The Balaban J connectivity index is 1.38. The van der Waals surface area contributed by atoms with Crippen LogP contribution in [-0.2, 0) is 20.9 Å². The SMILES string of the molecule is NS(=O)(=O)OC[C@@H]1C[C@@H](n2ccc3c(N[C@H]4CCc5cccc(F)c54)ncnc32)C[C@@H]1O. The van der Waals surface area contributed by atoms with Gasteiger partial charge in [0.05, 0.1) is 24.1 Å². The molecule has 2 aromatic heterocycles. The number of hydrogen-bond acceptors (Lipinski definition) is 7. The van der Waals surface area contributed by atoms with Crippen LogP contribution in [-0.4, -0.2) is 40.8 Å². The molecule has 1 fully saturated rings. The molecule has 0 bridgehead atoms. The third-order valence-electron chi connectivity index (χ3n) is 6.49. The standard InChI is InChI=1S/C21H24FN5O4S/c22-16-3-1-2-12-4-5-17(19(12)16)26-20-15-6-7-27(21(15)25-11-24-20)14-8-13(18(28)9-14)10-31-32(23,29)30/h1-3,6-7,11,13-14,17-18,28H,4-5,8-10H2,(H2,23,29,30)(H,24,25,26)/t13-,14+,17-,18-/m0/s1. The van der Waals surface area contributed by atoms with Gasteiger partial charge in [-0.2, -0.15) is 8.42 Å². The van der Waals surface area contributed by atoms with Crippen molar-refractivity contribution in [2.24, 2.45) is 11.1 Å². The Labute approximate surface area is 184 Å². The van der Waals surface area contributed by atoms with Gasteiger partial charge in [-0.25, -0.2) is 19.5 Å². The molecule has 0 spiro atoms. The van der Waals surface area contributed by atoms with E-state index in [0.717, 1.165) is 23.8 Å². The molecule has 3 aromatic rings. The minimum atomic E-state index is -4.06. The summed E-state index contributed by atoms with van der Waals surface area (Å²) in [6.07, 6.45) is 5.19. The van der Waals surface area contributed by atoms with Crippen molar-refractivity contribution in [3.05, 3.63) is 53.7 Å². The van der Waals surface area contributed by atoms with Gasteiger partial charge in [0, 0.05) is 23.7 Å². The quantitative estimate of drug-likeness (QED) is 0.513. The maximum atomic E-state index is 14.4. The molecule has 11 heteroatoms. The van der Waals surface area contributed by atoms with Crippen LogP contribution in [0.1, 0.15) is 42.5 Å². The molecule has 4 N–H and O–H groups in total. The van der Waals surface area contributed by atoms with E-state index in [0.29, 0.717) is 29.9 Å².